The molecule has 0 radical (unpaired) electrons. The lowest BCUT2D eigenvalue weighted by Gasteiger charge is -2.28. The number of ether oxygens (including phenoxy) is 1. The van der Waals surface area contributed by atoms with Gasteiger partial charge in [-0.25, -0.2) is 18.8 Å². The summed E-state index contributed by atoms with van der Waals surface area (Å²) in [5, 5.41) is 0. The van der Waals surface area contributed by atoms with Crippen LogP contribution in [0.15, 0.2) is 21.7 Å². The Labute approximate surface area is 98.7 Å². The van der Waals surface area contributed by atoms with E-state index in [-0.39, 0.29) is 17.0 Å². The molecule has 1 unspecified atom stereocenters. The van der Waals surface area contributed by atoms with Gasteiger partial charge >= 0.3 is 11.4 Å². The molecular formula is C11H17N3O3. The highest BCUT2D eigenvalue weighted by molar-refractivity contribution is 4.95. The van der Waals surface area contributed by atoms with Gasteiger partial charge in [-0.1, -0.05) is 6.08 Å². The van der Waals surface area contributed by atoms with Crippen molar-refractivity contribution in [1.29, 1.82) is 0 Å². The summed E-state index contributed by atoms with van der Waals surface area (Å²) in [7, 11) is 1.47. The van der Waals surface area contributed by atoms with Crippen molar-refractivity contribution in [3.8, 4) is 0 Å². The van der Waals surface area contributed by atoms with Gasteiger partial charge < -0.3 is 4.74 Å². The number of rotatable bonds is 1. The van der Waals surface area contributed by atoms with Crippen molar-refractivity contribution in [3.63, 3.8) is 0 Å². The number of fused-ring (bicyclic) bond motifs is 1. The summed E-state index contributed by atoms with van der Waals surface area (Å²) in [5.74, 6) is 0. The molecule has 2 rings (SSSR count). The minimum atomic E-state index is -0.523. The van der Waals surface area contributed by atoms with Crippen LogP contribution in [-0.4, -0.2) is 19.5 Å². The maximum atomic E-state index is 11.9. The molecule has 0 aliphatic carbocycles. The molecule has 0 aromatic carbocycles. The number of nitrogens with zero attached hydrogens (tertiary/aromatic N) is 3. The zero-order chi connectivity index (χ0) is 12.8. The van der Waals surface area contributed by atoms with E-state index in [1.165, 1.54) is 16.4 Å². The van der Waals surface area contributed by atoms with E-state index >= 15 is 0 Å². The molecule has 1 aromatic rings. The first kappa shape index (κ1) is 11.9. The van der Waals surface area contributed by atoms with Crippen molar-refractivity contribution in [2.75, 3.05) is 0 Å². The van der Waals surface area contributed by atoms with Gasteiger partial charge in [-0.3, -0.25) is 0 Å². The van der Waals surface area contributed by atoms with E-state index in [4.69, 9.17) is 4.74 Å². The summed E-state index contributed by atoms with van der Waals surface area (Å²) in [4.78, 5) is 23.7. The third kappa shape index (κ3) is 2.00. The first-order chi connectivity index (χ1) is 7.81. The highest BCUT2D eigenvalue weighted by Gasteiger charge is 2.26. The highest BCUT2D eigenvalue weighted by atomic mass is 16.5. The zero-order valence-corrected chi connectivity index (χ0v) is 10.5. The van der Waals surface area contributed by atoms with Crippen molar-refractivity contribution in [2.45, 2.75) is 39.1 Å². The Morgan fingerprint density at radius 1 is 1.29 bits per heavy atom. The van der Waals surface area contributed by atoms with Crippen LogP contribution in [0.4, 0.5) is 0 Å². The Balaban J connectivity index is 2.52. The summed E-state index contributed by atoms with van der Waals surface area (Å²) in [5.41, 5.74) is -1.06. The fourth-order valence-corrected chi connectivity index (χ4v) is 1.83. The van der Waals surface area contributed by atoms with Gasteiger partial charge in [-0.15, -0.1) is 0 Å². The molecule has 94 valence electrons. The maximum absolute atomic E-state index is 11.9. The van der Waals surface area contributed by atoms with Crippen LogP contribution in [-0.2, 0) is 18.3 Å². The van der Waals surface area contributed by atoms with Crippen LogP contribution in [0.5, 0.6) is 0 Å². The van der Waals surface area contributed by atoms with Gasteiger partial charge in [0.1, 0.15) is 0 Å². The van der Waals surface area contributed by atoms with E-state index < -0.39 is 6.23 Å². The van der Waals surface area contributed by atoms with Crippen LogP contribution in [0.25, 0.3) is 0 Å². The summed E-state index contributed by atoms with van der Waals surface area (Å²) in [6.07, 6.45) is 3.11. The molecule has 0 spiro atoms. The van der Waals surface area contributed by atoms with Crippen LogP contribution < -0.4 is 11.4 Å². The zero-order valence-electron chi connectivity index (χ0n) is 10.5. The van der Waals surface area contributed by atoms with Gasteiger partial charge in [-0.05, 0) is 26.8 Å². The van der Waals surface area contributed by atoms with Crippen molar-refractivity contribution in [1.82, 2.24) is 13.9 Å². The third-order valence-electron chi connectivity index (χ3n) is 2.55. The highest BCUT2D eigenvalue weighted by Crippen LogP contribution is 2.20. The van der Waals surface area contributed by atoms with E-state index in [0.29, 0.717) is 6.54 Å². The van der Waals surface area contributed by atoms with Crippen LogP contribution in [0, 0.1) is 0 Å². The molecule has 2 heterocycles. The third-order valence-corrected chi connectivity index (χ3v) is 2.55. The van der Waals surface area contributed by atoms with Crippen molar-refractivity contribution >= 4 is 0 Å². The lowest BCUT2D eigenvalue weighted by Crippen LogP contribution is -2.37. The molecule has 0 saturated heterocycles. The van der Waals surface area contributed by atoms with E-state index in [1.54, 1.807) is 6.08 Å². The van der Waals surface area contributed by atoms with Gasteiger partial charge in [0.25, 0.3) is 0 Å². The molecule has 6 nitrogen and oxygen atoms in total. The molecule has 0 saturated carbocycles. The first-order valence-corrected chi connectivity index (χ1v) is 5.54. The average Bonchev–Trinajstić information content (AvgIpc) is 2.43. The van der Waals surface area contributed by atoms with Gasteiger partial charge in [0, 0.05) is 7.05 Å². The molecule has 6 heteroatoms. The lowest BCUT2D eigenvalue weighted by molar-refractivity contribution is -0.0851. The fourth-order valence-electron chi connectivity index (χ4n) is 1.83. The first-order valence-electron chi connectivity index (χ1n) is 5.54. The van der Waals surface area contributed by atoms with Gasteiger partial charge in [0.15, 0.2) is 6.23 Å². The summed E-state index contributed by atoms with van der Waals surface area (Å²) < 4.78 is 9.59. The molecule has 1 atom stereocenters. The Hall–Kier alpha value is -1.56. The second-order valence-electron chi connectivity index (χ2n) is 5.10. The molecule has 1 aliphatic rings. The standard InChI is InChI=1S/C11H17N3O3/c1-11(2,3)17-8-6-5-7-13-9(15)12(4)10(16)14(8)13/h5-6,8H,7H2,1-4H3. The summed E-state index contributed by atoms with van der Waals surface area (Å²) in [6, 6.07) is 0. The fraction of sp³-hybridized carbons (Fsp3) is 0.636. The largest absolute Gasteiger partial charge is 0.349 e. The molecule has 0 amide bonds. The molecular weight excluding hydrogens is 222 g/mol. The topological polar surface area (TPSA) is 58.2 Å². The minimum Gasteiger partial charge on any atom is -0.347 e. The average molecular weight is 239 g/mol. The van der Waals surface area contributed by atoms with Gasteiger partial charge in [0.05, 0.1) is 12.1 Å². The molecule has 0 fully saturated rings. The maximum Gasteiger partial charge on any atom is 0.349 e. The van der Waals surface area contributed by atoms with Gasteiger partial charge in [-0.2, -0.15) is 4.68 Å². The predicted octanol–water partition coefficient (Wildman–Crippen LogP) is 0.232. The molecule has 1 aliphatic heterocycles. The number of aromatic nitrogens is 3. The molecule has 17 heavy (non-hydrogen) atoms. The summed E-state index contributed by atoms with van der Waals surface area (Å²) >= 11 is 0. The Bertz CT molecular complexity index is 568. The quantitative estimate of drug-likeness (QED) is 0.659. The number of hydrogen-bond donors (Lipinski definition) is 0. The second-order valence-corrected chi connectivity index (χ2v) is 5.10. The van der Waals surface area contributed by atoms with Crippen LogP contribution in [0.1, 0.15) is 27.0 Å². The van der Waals surface area contributed by atoms with Crippen molar-refractivity contribution < 1.29 is 4.74 Å². The smallest absolute Gasteiger partial charge is 0.347 e. The van der Waals surface area contributed by atoms with E-state index in [0.717, 1.165) is 4.57 Å². The Morgan fingerprint density at radius 2 is 1.94 bits per heavy atom. The SMILES string of the molecule is Cn1c(=O)n2n(c1=O)C(OC(C)(C)C)C=CC2. The van der Waals surface area contributed by atoms with Gasteiger partial charge in [0.2, 0.25) is 0 Å². The summed E-state index contributed by atoms with van der Waals surface area (Å²) in [6.45, 7) is 6.13. The monoisotopic (exact) mass is 239 g/mol. The van der Waals surface area contributed by atoms with Crippen LogP contribution in [0.3, 0.4) is 0 Å². The number of allylic oxidation sites excluding steroid dienone is 1. The molecule has 1 aromatic heterocycles. The van der Waals surface area contributed by atoms with Crippen LogP contribution >= 0.6 is 0 Å². The van der Waals surface area contributed by atoms with Crippen LogP contribution in [0.2, 0.25) is 0 Å². The Morgan fingerprint density at radius 3 is 2.53 bits per heavy atom. The van der Waals surface area contributed by atoms with E-state index in [9.17, 15) is 9.59 Å². The Kier molecular flexibility index (Phi) is 2.61. The van der Waals surface area contributed by atoms with E-state index in [2.05, 4.69) is 0 Å². The molecule has 0 bridgehead atoms. The number of hydrogen-bond acceptors (Lipinski definition) is 3. The van der Waals surface area contributed by atoms with E-state index in [1.807, 2.05) is 26.8 Å². The minimum absolute atomic E-state index is 0.318. The second kappa shape index (κ2) is 3.73. The molecule has 0 N–H and O–H groups in total. The van der Waals surface area contributed by atoms with Crippen molar-refractivity contribution in [2.24, 2.45) is 7.05 Å². The lowest BCUT2D eigenvalue weighted by atomic mass is 10.2. The normalized spacial score (nSPS) is 19.4. The predicted molar refractivity (Wildman–Crippen MR) is 62.9 cm³/mol. The van der Waals surface area contributed by atoms with Crippen molar-refractivity contribution in [3.05, 3.63) is 33.1 Å².